The summed E-state index contributed by atoms with van der Waals surface area (Å²) in [4.78, 5) is 17.3. The van der Waals surface area contributed by atoms with Crippen molar-refractivity contribution in [1.29, 1.82) is 0 Å². The normalized spacial score (nSPS) is 30.0. The van der Waals surface area contributed by atoms with Crippen molar-refractivity contribution >= 4 is 5.78 Å². The maximum Gasteiger partial charge on any atom is 0.136 e. The van der Waals surface area contributed by atoms with Gasteiger partial charge < -0.3 is 9.80 Å². The quantitative estimate of drug-likeness (QED) is 0.524. The molecule has 3 heteroatoms. The van der Waals surface area contributed by atoms with E-state index in [1.165, 1.54) is 84.0 Å². The molecular weight excluding hydrogens is 356 g/mol. The number of rotatable bonds is 8. The Bertz CT molecular complexity index is 481. The van der Waals surface area contributed by atoms with Crippen molar-refractivity contribution in [3.63, 3.8) is 0 Å². The average molecular weight is 405 g/mol. The number of piperidine rings is 2. The van der Waals surface area contributed by atoms with Crippen LogP contribution in [0.3, 0.4) is 0 Å². The van der Waals surface area contributed by atoms with E-state index in [2.05, 4.69) is 30.6 Å². The minimum Gasteiger partial charge on any atom is -0.303 e. The maximum absolute atomic E-state index is 11.9. The number of hydrogen-bond acceptors (Lipinski definition) is 3. The van der Waals surface area contributed by atoms with E-state index < -0.39 is 0 Å². The van der Waals surface area contributed by atoms with Gasteiger partial charge in [-0.05, 0) is 108 Å². The lowest BCUT2D eigenvalue weighted by molar-refractivity contribution is -0.122. The molecule has 1 saturated carbocycles. The van der Waals surface area contributed by atoms with Crippen molar-refractivity contribution in [2.75, 3.05) is 32.7 Å². The third kappa shape index (κ3) is 6.79. The van der Waals surface area contributed by atoms with Crippen LogP contribution in [0.2, 0.25) is 0 Å². The summed E-state index contributed by atoms with van der Waals surface area (Å²) in [5.74, 6) is 4.41. The Labute approximate surface area is 181 Å². The second kappa shape index (κ2) is 11.3. The zero-order chi connectivity index (χ0) is 20.8. The van der Waals surface area contributed by atoms with Crippen LogP contribution < -0.4 is 0 Å². The summed E-state index contributed by atoms with van der Waals surface area (Å²) >= 11 is 0. The first-order chi connectivity index (χ1) is 14.0. The van der Waals surface area contributed by atoms with E-state index in [1.54, 1.807) is 0 Å². The molecule has 2 saturated heterocycles. The highest BCUT2D eigenvalue weighted by atomic mass is 16.1. The first kappa shape index (κ1) is 23.3. The van der Waals surface area contributed by atoms with Gasteiger partial charge in [-0.1, -0.05) is 27.7 Å². The Kier molecular flexibility index (Phi) is 9.04. The number of carbonyl (C=O) groups is 1. The number of hydrogen-bond donors (Lipinski definition) is 0. The van der Waals surface area contributed by atoms with Crippen molar-refractivity contribution in [3.8, 4) is 0 Å². The van der Waals surface area contributed by atoms with Crippen LogP contribution in [0, 0.1) is 29.6 Å². The summed E-state index contributed by atoms with van der Waals surface area (Å²) in [6.07, 6.45) is 13.6. The van der Waals surface area contributed by atoms with Gasteiger partial charge in [-0.25, -0.2) is 0 Å². The maximum atomic E-state index is 11.9. The Morgan fingerprint density at radius 3 is 1.97 bits per heavy atom. The Morgan fingerprint density at radius 1 is 0.828 bits per heavy atom. The van der Waals surface area contributed by atoms with Crippen molar-refractivity contribution in [1.82, 2.24) is 9.80 Å². The summed E-state index contributed by atoms with van der Waals surface area (Å²) in [5, 5.41) is 0. The molecule has 0 spiro atoms. The third-order valence-electron chi connectivity index (χ3n) is 8.65. The Morgan fingerprint density at radius 2 is 1.41 bits per heavy atom. The standard InChI is InChI=1S/C26H48N2O/c1-5-26(29)21(4)19-27-14-10-23(11-15-27)18-22-6-8-25(9-7-22)28-16-12-24(13-17-28)20(2)3/h20-25H,5-19H2,1-4H3. The molecular formula is C26H48N2O. The van der Waals surface area contributed by atoms with Crippen LogP contribution in [-0.2, 0) is 4.79 Å². The Hall–Kier alpha value is -0.410. The van der Waals surface area contributed by atoms with Crippen LogP contribution >= 0.6 is 0 Å². The zero-order valence-electron chi connectivity index (χ0n) is 19.9. The first-order valence-electron chi connectivity index (χ1n) is 12.9. The minimum atomic E-state index is 0.220. The summed E-state index contributed by atoms with van der Waals surface area (Å²) in [7, 11) is 0. The molecule has 3 nitrogen and oxygen atoms in total. The number of ketones is 1. The van der Waals surface area contributed by atoms with Crippen LogP contribution in [0.15, 0.2) is 0 Å². The molecule has 168 valence electrons. The van der Waals surface area contributed by atoms with Crippen LogP contribution in [0.4, 0.5) is 0 Å². The van der Waals surface area contributed by atoms with Crippen LogP contribution in [0.5, 0.6) is 0 Å². The molecule has 1 aliphatic carbocycles. The smallest absolute Gasteiger partial charge is 0.136 e. The predicted octanol–water partition coefficient (Wildman–Crippen LogP) is 5.63. The van der Waals surface area contributed by atoms with Gasteiger partial charge in [-0.2, -0.15) is 0 Å². The van der Waals surface area contributed by atoms with Gasteiger partial charge in [0.2, 0.25) is 0 Å². The molecule has 0 N–H and O–H groups in total. The van der Waals surface area contributed by atoms with E-state index in [0.717, 1.165) is 36.3 Å². The summed E-state index contributed by atoms with van der Waals surface area (Å²) in [6, 6.07) is 0.888. The molecule has 0 aromatic carbocycles. The molecule has 2 aliphatic heterocycles. The van der Waals surface area contributed by atoms with Gasteiger partial charge in [0.25, 0.3) is 0 Å². The highest BCUT2D eigenvalue weighted by Gasteiger charge is 2.31. The molecule has 1 atom stereocenters. The fourth-order valence-corrected chi connectivity index (χ4v) is 6.41. The number of Topliss-reactive ketones (excluding diaryl/α,β-unsaturated/α-hetero) is 1. The van der Waals surface area contributed by atoms with E-state index in [1.807, 2.05) is 6.92 Å². The van der Waals surface area contributed by atoms with E-state index in [-0.39, 0.29) is 5.92 Å². The van der Waals surface area contributed by atoms with Gasteiger partial charge in [-0.15, -0.1) is 0 Å². The average Bonchev–Trinajstić information content (AvgIpc) is 2.75. The molecule has 3 aliphatic rings. The largest absolute Gasteiger partial charge is 0.303 e. The number of carbonyl (C=O) groups excluding carboxylic acids is 1. The monoisotopic (exact) mass is 404 g/mol. The molecule has 0 aromatic rings. The highest BCUT2D eigenvalue weighted by molar-refractivity contribution is 5.80. The topological polar surface area (TPSA) is 23.6 Å². The first-order valence-corrected chi connectivity index (χ1v) is 12.9. The molecule has 0 radical (unpaired) electrons. The van der Waals surface area contributed by atoms with Gasteiger partial charge in [0.05, 0.1) is 0 Å². The second-order valence-electron chi connectivity index (χ2n) is 11.0. The summed E-state index contributed by atoms with van der Waals surface area (Å²) in [6.45, 7) is 15.0. The van der Waals surface area contributed by atoms with Crippen LogP contribution in [0.25, 0.3) is 0 Å². The van der Waals surface area contributed by atoms with Crippen LogP contribution in [0.1, 0.15) is 91.9 Å². The van der Waals surface area contributed by atoms with Gasteiger partial charge in [-0.3, -0.25) is 4.79 Å². The number of likely N-dealkylation sites (tertiary alicyclic amines) is 2. The fourth-order valence-electron chi connectivity index (χ4n) is 6.41. The predicted molar refractivity (Wildman–Crippen MR) is 123 cm³/mol. The fraction of sp³-hybridized carbons (Fsp3) is 0.962. The molecule has 2 heterocycles. The molecule has 1 unspecified atom stereocenters. The lowest BCUT2D eigenvalue weighted by atomic mass is 9.77. The molecule has 0 aromatic heterocycles. The summed E-state index contributed by atoms with van der Waals surface area (Å²) < 4.78 is 0. The molecule has 29 heavy (non-hydrogen) atoms. The van der Waals surface area contributed by atoms with Crippen molar-refractivity contribution in [3.05, 3.63) is 0 Å². The van der Waals surface area contributed by atoms with Crippen molar-refractivity contribution in [2.45, 2.75) is 97.9 Å². The summed E-state index contributed by atoms with van der Waals surface area (Å²) in [5.41, 5.74) is 0. The minimum absolute atomic E-state index is 0.220. The van der Waals surface area contributed by atoms with Gasteiger partial charge >= 0.3 is 0 Å². The Balaban J connectivity index is 1.31. The van der Waals surface area contributed by atoms with Crippen molar-refractivity contribution in [2.24, 2.45) is 29.6 Å². The lowest BCUT2D eigenvalue weighted by Crippen LogP contribution is -2.44. The second-order valence-corrected chi connectivity index (χ2v) is 11.0. The van der Waals surface area contributed by atoms with E-state index in [0.29, 0.717) is 12.2 Å². The molecule has 0 bridgehead atoms. The third-order valence-corrected chi connectivity index (χ3v) is 8.65. The molecule has 0 amide bonds. The van der Waals surface area contributed by atoms with Gasteiger partial charge in [0, 0.05) is 24.9 Å². The lowest BCUT2D eigenvalue weighted by Gasteiger charge is -2.42. The van der Waals surface area contributed by atoms with Crippen LogP contribution in [-0.4, -0.2) is 54.3 Å². The highest BCUT2D eigenvalue weighted by Crippen LogP contribution is 2.36. The SMILES string of the molecule is CCC(=O)C(C)CN1CCC(CC2CCC(N3CCC(C(C)C)CC3)CC2)CC1. The van der Waals surface area contributed by atoms with E-state index >= 15 is 0 Å². The van der Waals surface area contributed by atoms with Gasteiger partial charge in [0.1, 0.15) is 5.78 Å². The van der Waals surface area contributed by atoms with Gasteiger partial charge in [0.15, 0.2) is 0 Å². The molecule has 3 fully saturated rings. The van der Waals surface area contributed by atoms with E-state index in [9.17, 15) is 4.79 Å². The van der Waals surface area contributed by atoms with Crippen molar-refractivity contribution < 1.29 is 4.79 Å². The van der Waals surface area contributed by atoms with E-state index in [4.69, 9.17) is 0 Å². The molecule has 3 rings (SSSR count). The number of nitrogens with zero attached hydrogens (tertiary/aromatic N) is 2. The zero-order valence-corrected chi connectivity index (χ0v) is 19.9.